The highest BCUT2D eigenvalue weighted by atomic mass is 32.2. The van der Waals surface area contributed by atoms with Crippen molar-refractivity contribution in [2.75, 3.05) is 17.7 Å². The van der Waals surface area contributed by atoms with E-state index in [1.165, 1.54) is 13.0 Å². The van der Waals surface area contributed by atoms with Gasteiger partial charge in [0.1, 0.15) is 10.6 Å². The van der Waals surface area contributed by atoms with E-state index in [1.54, 1.807) is 49.5 Å². The average Bonchev–Trinajstić information content (AvgIpc) is 2.65. The minimum atomic E-state index is -4.38. The first kappa shape index (κ1) is 20.4. The number of carbonyl (C=O) groups is 1. The van der Waals surface area contributed by atoms with Gasteiger partial charge in [-0.05, 0) is 54.3 Å². The average molecular weight is 412 g/mol. The fourth-order valence-electron chi connectivity index (χ4n) is 2.99. The molecule has 3 N–H and O–H groups in total. The molecule has 0 saturated carbocycles. The lowest BCUT2D eigenvalue weighted by atomic mass is 10.0. The van der Waals surface area contributed by atoms with Gasteiger partial charge >= 0.3 is 0 Å². The highest BCUT2D eigenvalue weighted by Gasteiger charge is 2.15. The molecule has 0 aromatic heterocycles. The molecule has 0 spiro atoms. The van der Waals surface area contributed by atoms with E-state index in [2.05, 4.69) is 20.9 Å². The van der Waals surface area contributed by atoms with Gasteiger partial charge in [0.25, 0.3) is 10.1 Å². The Hall–Kier alpha value is -3.30. The molecule has 3 rings (SSSR count). The third kappa shape index (κ3) is 4.58. The number of rotatable bonds is 5. The molecule has 0 aliphatic heterocycles. The molecule has 0 fully saturated rings. The summed E-state index contributed by atoms with van der Waals surface area (Å²) >= 11 is 0. The molecule has 0 atom stereocenters. The molecule has 150 valence electrons. The van der Waals surface area contributed by atoms with E-state index in [-0.39, 0.29) is 10.8 Å². The molecule has 3 aromatic carbocycles. The fraction of sp³-hybridized carbons (Fsp3) is 0.150. The van der Waals surface area contributed by atoms with Crippen molar-refractivity contribution in [2.24, 2.45) is 10.2 Å². The Bertz CT molecular complexity index is 1240. The molecule has 0 radical (unpaired) electrons. The van der Waals surface area contributed by atoms with E-state index < -0.39 is 10.1 Å². The molecule has 0 saturated heterocycles. The van der Waals surface area contributed by atoms with Gasteiger partial charge in [-0.2, -0.15) is 13.5 Å². The zero-order valence-corrected chi connectivity index (χ0v) is 16.9. The first-order chi connectivity index (χ1) is 13.7. The van der Waals surface area contributed by atoms with Gasteiger partial charge in [-0.3, -0.25) is 9.35 Å². The maximum Gasteiger partial charge on any atom is 0.295 e. The number of benzene rings is 3. The van der Waals surface area contributed by atoms with Crippen LogP contribution in [0.4, 0.5) is 22.7 Å². The Labute approximate surface area is 168 Å². The summed E-state index contributed by atoms with van der Waals surface area (Å²) in [7, 11) is -2.62. The van der Waals surface area contributed by atoms with Crippen LogP contribution in [-0.4, -0.2) is 25.9 Å². The number of nitrogens with zero attached hydrogens (tertiary/aromatic N) is 2. The molecule has 3 aromatic rings. The molecule has 0 unspecified atom stereocenters. The van der Waals surface area contributed by atoms with Gasteiger partial charge in [0, 0.05) is 25.0 Å². The summed E-state index contributed by atoms with van der Waals surface area (Å²) in [5.41, 5.74) is 2.93. The van der Waals surface area contributed by atoms with Crippen LogP contribution in [0.25, 0.3) is 10.8 Å². The van der Waals surface area contributed by atoms with E-state index in [9.17, 15) is 17.8 Å². The predicted molar refractivity (Wildman–Crippen MR) is 113 cm³/mol. The molecule has 8 nitrogen and oxygen atoms in total. The number of fused-ring (bicyclic) bond motifs is 1. The summed E-state index contributed by atoms with van der Waals surface area (Å²) in [6.07, 6.45) is 0. The topological polar surface area (TPSA) is 120 Å². The van der Waals surface area contributed by atoms with Crippen molar-refractivity contribution in [1.82, 2.24) is 0 Å². The molecular weight excluding hydrogens is 392 g/mol. The van der Waals surface area contributed by atoms with Crippen LogP contribution in [0.1, 0.15) is 12.5 Å². The fourth-order valence-corrected chi connectivity index (χ4v) is 3.69. The van der Waals surface area contributed by atoms with Gasteiger partial charge in [-0.25, -0.2) is 0 Å². The number of carbonyl (C=O) groups excluding carboxylic acids is 1. The molecule has 1 amide bonds. The van der Waals surface area contributed by atoms with Crippen LogP contribution in [0.3, 0.4) is 0 Å². The normalized spacial score (nSPS) is 11.7. The van der Waals surface area contributed by atoms with Crippen molar-refractivity contribution in [1.29, 1.82) is 0 Å². The number of hydrogen-bond donors (Lipinski definition) is 3. The maximum atomic E-state index is 11.7. The molecule has 0 bridgehead atoms. The Morgan fingerprint density at radius 3 is 2.45 bits per heavy atom. The van der Waals surface area contributed by atoms with Crippen LogP contribution in [0.5, 0.6) is 0 Å². The molecule has 9 heteroatoms. The van der Waals surface area contributed by atoms with Gasteiger partial charge in [-0.15, -0.1) is 5.11 Å². The summed E-state index contributed by atoms with van der Waals surface area (Å²) in [4.78, 5) is 11.3. The largest absolute Gasteiger partial charge is 0.388 e. The van der Waals surface area contributed by atoms with E-state index in [0.717, 1.165) is 11.3 Å². The van der Waals surface area contributed by atoms with Crippen molar-refractivity contribution < 1.29 is 17.8 Å². The van der Waals surface area contributed by atoms with Gasteiger partial charge in [-0.1, -0.05) is 12.1 Å². The number of aryl methyl sites for hydroxylation is 1. The maximum absolute atomic E-state index is 11.7. The van der Waals surface area contributed by atoms with Gasteiger partial charge < -0.3 is 10.6 Å². The van der Waals surface area contributed by atoms with E-state index >= 15 is 0 Å². The second-order valence-electron chi connectivity index (χ2n) is 6.45. The molecule has 0 aliphatic carbocycles. The quantitative estimate of drug-likeness (QED) is 0.410. The van der Waals surface area contributed by atoms with Crippen molar-refractivity contribution in [3.05, 3.63) is 54.1 Å². The highest BCUT2D eigenvalue weighted by molar-refractivity contribution is 7.86. The zero-order valence-electron chi connectivity index (χ0n) is 16.1. The lowest BCUT2D eigenvalue weighted by molar-refractivity contribution is -0.114. The molecule has 0 heterocycles. The van der Waals surface area contributed by atoms with E-state index in [1.807, 2.05) is 6.92 Å². The molecular formula is C20H20N4O4S. The highest BCUT2D eigenvalue weighted by Crippen LogP contribution is 2.33. The first-order valence-electron chi connectivity index (χ1n) is 8.71. The minimum Gasteiger partial charge on any atom is -0.388 e. The van der Waals surface area contributed by atoms with Crippen molar-refractivity contribution in [2.45, 2.75) is 18.7 Å². The van der Waals surface area contributed by atoms with Crippen LogP contribution in [0.2, 0.25) is 0 Å². The third-order valence-electron chi connectivity index (χ3n) is 4.29. The number of amides is 1. The second kappa shape index (κ2) is 7.98. The van der Waals surface area contributed by atoms with Crippen LogP contribution >= 0.6 is 0 Å². The van der Waals surface area contributed by atoms with Crippen molar-refractivity contribution in [3.8, 4) is 0 Å². The standard InChI is InChI=1S/C20H20N4O4S/c1-12-9-15(10-17-16(12)5-4-6-20(17)29(26,27)28)23-24-18-8-7-14(21-3)11-19(18)22-13(2)25/h4-11,21H,1-3H3,(H,22,25)(H,26,27,28). The predicted octanol–water partition coefficient (Wildman–Crippen LogP) is 4.81. The Balaban J connectivity index is 2.09. The van der Waals surface area contributed by atoms with Gasteiger partial charge in [0.2, 0.25) is 5.91 Å². The zero-order chi connectivity index (χ0) is 21.2. The van der Waals surface area contributed by atoms with Crippen LogP contribution < -0.4 is 10.6 Å². The lowest BCUT2D eigenvalue weighted by Gasteiger charge is -2.09. The SMILES string of the molecule is CNc1ccc(N=Nc2cc(C)c3cccc(S(=O)(=O)O)c3c2)c(NC(C)=O)c1. The van der Waals surface area contributed by atoms with Crippen LogP contribution in [0, 0.1) is 6.92 Å². The minimum absolute atomic E-state index is 0.188. The summed E-state index contributed by atoms with van der Waals surface area (Å²) in [6.45, 7) is 3.22. The Morgan fingerprint density at radius 1 is 1.03 bits per heavy atom. The van der Waals surface area contributed by atoms with Crippen LogP contribution in [0.15, 0.2) is 63.7 Å². The third-order valence-corrected chi connectivity index (χ3v) is 5.21. The number of nitrogens with one attached hydrogen (secondary N) is 2. The second-order valence-corrected chi connectivity index (χ2v) is 7.84. The smallest absolute Gasteiger partial charge is 0.295 e. The Morgan fingerprint density at radius 2 is 1.79 bits per heavy atom. The number of anilines is 2. The molecule has 0 aliphatic rings. The summed E-state index contributed by atoms with van der Waals surface area (Å²) in [5.74, 6) is -0.242. The lowest BCUT2D eigenvalue weighted by Crippen LogP contribution is -2.06. The van der Waals surface area contributed by atoms with Gasteiger partial charge in [0.05, 0.1) is 11.4 Å². The summed E-state index contributed by atoms with van der Waals surface area (Å²) in [6, 6.07) is 13.2. The van der Waals surface area contributed by atoms with Crippen molar-refractivity contribution >= 4 is 49.5 Å². The monoisotopic (exact) mass is 412 g/mol. The van der Waals surface area contributed by atoms with E-state index in [4.69, 9.17) is 0 Å². The number of azo groups is 1. The van der Waals surface area contributed by atoms with E-state index in [0.29, 0.717) is 27.8 Å². The molecule has 29 heavy (non-hydrogen) atoms. The summed E-state index contributed by atoms with van der Waals surface area (Å²) < 4.78 is 32.9. The van der Waals surface area contributed by atoms with Crippen molar-refractivity contribution in [3.63, 3.8) is 0 Å². The first-order valence-corrected chi connectivity index (χ1v) is 10.1. The summed E-state index contributed by atoms with van der Waals surface area (Å²) in [5, 5.41) is 15.2. The van der Waals surface area contributed by atoms with Crippen LogP contribution in [-0.2, 0) is 14.9 Å². The number of hydrogen-bond acceptors (Lipinski definition) is 6. The Kier molecular flexibility index (Phi) is 5.62. The van der Waals surface area contributed by atoms with Gasteiger partial charge in [0.15, 0.2) is 0 Å².